The molecule has 0 saturated carbocycles. The molecule has 0 spiro atoms. The molecule has 0 aliphatic rings. The van der Waals surface area contributed by atoms with E-state index in [0.29, 0.717) is 6.01 Å². The number of hydrogen-bond acceptors (Lipinski definition) is 3. The van der Waals surface area contributed by atoms with Crippen molar-refractivity contribution in [2.45, 2.75) is 20.8 Å². The highest BCUT2D eigenvalue weighted by atomic mass is 79.9. The van der Waals surface area contributed by atoms with Gasteiger partial charge in [-0.3, -0.25) is 0 Å². The van der Waals surface area contributed by atoms with Crippen molar-refractivity contribution in [3.05, 3.63) is 45.7 Å². The van der Waals surface area contributed by atoms with Crippen molar-refractivity contribution in [3.8, 4) is 11.8 Å². The highest BCUT2D eigenvalue weighted by molar-refractivity contribution is 9.10. The van der Waals surface area contributed by atoms with E-state index in [2.05, 4.69) is 25.9 Å². The molecular weight excluding hydrogens is 280 g/mol. The van der Waals surface area contributed by atoms with Crippen molar-refractivity contribution in [2.75, 3.05) is 0 Å². The Morgan fingerprint density at radius 3 is 2.24 bits per heavy atom. The molecule has 0 amide bonds. The highest BCUT2D eigenvalue weighted by Gasteiger charge is 2.06. The van der Waals surface area contributed by atoms with Crippen molar-refractivity contribution < 1.29 is 4.74 Å². The molecule has 1 aromatic carbocycles. The van der Waals surface area contributed by atoms with E-state index in [4.69, 9.17) is 4.74 Å². The minimum Gasteiger partial charge on any atom is -0.423 e. The average Bonchev–Trinajstić information content (AvgIpc) is 2.21. The van der Waals surface area contributed by atoms with Crippen LogP contribution in [0.3, 0.4) is 0 Å². The number of hydrogen-bond donors (Lipinski definition) is 0. The molecule has 0 saturated heterocycles. The highest BCUT2D eigenvalue weighted by Crippen LogP contribution is 2.28. The molecule has 0 radical (unpaired) electrons. The Labute approximate surface area is 109 Å². The largest absolute Gasteiger partial charge is 0.423 e. The van der Waals surface area contributed by atoms with E-state index in [9.17, 15) is 0 Å². The number of aryl methyl sites for hydroxylation is 3. The lowest BCUT2D eigenvalue weighted by atomic mass is 10.2. The lowest BCUT2D eigenvalue weighted by molar-refractivity contribution is 0.436. The van der Waals surface area contributed by atoms with Crippen molar-refractivity contribution in [1.82, 2.24) is 9.97 Å². The molecule has 3 nitrogen and oxygen atoms in total. The Balaban J connectivity index is 2.31. The van der Waals surface area contributed by atoms with Gasteiger partial charge in [-0.2, -0.15) is 0 Å². The van der Waals surface area contributed by atoms with E-state index in [-0.39, 0.29) is 0 Å². The van der Waals surface area contributed by atoms with Crippen LogP contribution in [0.2, 0.25) is 0 Å². The normalized spacial score (nSPS) is 10.4. The van der Waals surface area contributed by atoms with Gasteiger partial charge in [-0.15, -0.1) is 0 Å². The summed E-state index contributed by atoms with van der Waals surface area (Å²) < 4.78 is 6.56. The minimum absolute atomic E-state index is 0.382. The fourth-order valence-electron chi connectivity index (χ4n) is 1.53. The molecule has 0 atom stereocenters. The quantitative estimate of drug-likeness (QED) is 0.840. The zero-order valence-corrected chi connectivity index (χ0v) is 11.6. The molecule has 2 rings (SSSR count). The van der Waals surface area contributed by atoms with Crippen LogP contribution in [0.4, 0.5) is 0 Å². The molecule has 1 heterocycles. The smallest absolute Gasteiger partial charge is 0.322 e. The monoisotopic (exact) mass is 292 g/mol. The van der Waals surface area contributed by atoms with Crippen molar-refractivity contribution in [2.24, 2.45) is 0 Å². The summed E-state index contributed by atoms with van der Waals surface area (Å²) in [6.45, 7) is 5.87. The van der Waals surface area contributed by atoms with Gasteiger partial charge in [-0.25, -0.2) is 9.97 Å². The van der Waals surface area contributed by atoms with Gasteiger partial charge >= 0.3 is 6.01 Å². The molecule has 0 N–H and O–H groups in total. The summed E-state index contributed by atoms with van der Waals surface area (Å²) in [5.41, 5.74) is 2.97. The van der Waals surface area contributed by atoms with Crippen LogP contribution in [0.5, 0.6) is 11.8 Å². The summed E-state index contributed by atoms with van der Waals surface area (Å²) in [5, 5.41) is 0. The first-order valence-electron chi connectivity index (χ1n) is 5.31. The third-order valence-corrected chi connectivity index (χ3v) is 2.87. The first kappa shape index (κ1) is 12.0. The van der Waals surface area contributed by atoms with E-state index in [1.807, 2.05) is 45.0 Å². The molecule has 17 heavy (non-hydrogen) atoms. The summed E-state index contributed by atoms with van der Waals surface area (Å²) in [6, 6.07) is 8.19. The topological polar surface area (TPSA) is 35.0 Å². The van der Waals surface area contributed by atoms with Crippen LogP contribution in [0.1, 0.15) is 17.0 Å². The number of aromatic nitrogens is 2. The molecule has 0 aliphatic heterocycles. The molecule has 0 bridgehead atoms. The van der Waals surface area contributed by atoms with Gasteiger partial charge in [0.1, 0.15) is 5.75 Å². The summed E-state index contributed by atoms with van der Waals surface area (Å²) in [7, 11) is 0. The average molecular weight is 293 g/mol. The lowest BCUT2D eigenvalue weighted by Crippen LogP contribution is -1.96. The van der Waals surface area contributed by atoms with Gasteiger partial charge in [0.25, 0.3) is 0 Å². The Morgan fingerprint density at radius 2 is 1.65 bits per heavy atom. The zero-order valence-electron chi connectivity index (χ0n) is 9.99. The van der Waals surface area contributed by atoms with E-state index in [1.54, 1.807) is 0 Å². The summed E-state index contributed by atoms with van der Waals surface area (Å²) in [5.74, 6) is 0.723. The molecule has 88 valence electrons. The molecule has 2 aromatic rings. The fraction of sp³-hybridized carbons (Fsp3) is 0.231. The second-order valence-electron chi connectivity index (χ2n) is 3.97. The standard InChI is InChI=1S/C13H13BrN2O/c1-8-4-5-12(11(14)6-8)17-13-15-9(2)7-10(3)16-13/h4-7H,1-3H3. The van der Waals surface area contributed by atoms with Gasteiger partial charge in [0, 0.05) is 11.4 Å². The third-order valence-electron chi connectivity index (χ3n) is 2.25. The van der Waals surface area contributed by atoms with Crippen LogP contribution in [0.25, 0.3) is 0 Å². The number of halogens is 1. The Hall–Kier alpha value is -1.42. The first-order chi connectivity index (χ1) is 8.04. The van der Waals surface area contributed by atoms with Crippen LogP contribution < -0.4 is 4.74 Å². The molecular formula is C13H13BrN2O. The van der Waals surface area contributed by atoms with Gasteiger partial charge in [-0.1, -0.05) is 6.07 Å². The predicted octanol–water partition coefficient (Wildman–Crippen LogP) is 3.96. The van der Waals surface area contributed by atoms with Crippen molar-refractivity contribution in [1.29, 1.82) is 0 Å². The molecule has 1 aromatic heterocycles. The van der Waals surface area contributed by atoms with E-state index in [1.165, 1.54) is 5.56 Å². The second-order valence-corrected chi connectivity index (χ2v) is 4.82. The van der Waals surface area contributed by atoms with Gasteiger partial charge in [0.15, 0.2) is 0 Å². The van der Waals surface area contributed by atoms with Crippen LogP contribution in [-0.2, 0) is 0 Å². The van der Waals surface area contributed by atoms with Gasteiger partial charge < -0.3 is 4.74 Å². The second kappa shape index (κ2) is 4.84. The molecule has 4 heteroatoms. The molecule has 0 aliphatic carbocycles. The number of nitrogens with zero attached hydrogens (tertiary/aromatic N) is 2. The van der Waals surface area contributed by atoms with E-state index < -0.39 is 0 Å². The first-order valence-corrected chi connectivity index (χ1v) is 6.10. The van der Waals surface area contributed by atoms with Crippen LogP contribution in [-0.4, -0.2) is 9.97 Å². The number of ether oxygens (including phenoxy) is 1. The van der Waals surface area contributed by atoms with Crippen molar-refractivity contribution in [3.63, 3.8) is 0 Å². The number of rotatable bonds is 2. The minimum atomic E-state index is 0.382. The fourth-order valence-corrected chi connectivity index (χ4v) is 2.10. The number of benzene rings is 1. The third kappa shape index (κ3) is 3.03. The van der Waals surface area contributed by atoms with Gasteiger partial charge in [0.2, 0.25) is 0 Å². The maximum absolute atomic E-state index is 5.66. The maximum Gasteiger partial charge on any atom is 0.322 e. The van der Waals surface area contributed by atoms with Gasteiger partial charge in [-0.05, 0) is 60.5 Å². The Morgan fingerprint density at radius 1 is 1.00 bits per heavy atom. The zero-order chi connectivity index (χ0) is 12.4. The molecule has 0 unspecified atom stereocenters. The summed E-state index contributed by atoms with van der Waals surface area (Å²) in [6.07, 6.45) is 0. The predicted molar refractivity (Wildman–Crippen MR) is 70.5 cm³/mol. The van der Waals surface area contributed by atoms with Crippen molar-refractivity contribution >= 4 is 15.9 Å². The molecule has 0 fully saturated rings. The van der Waals surface area contributed by atoms with E-state index in [0.717, 1.165) is 21.6 Å². The maximum atomic E-state index is 5.66. The lowest BCUT2D eigenvalue weighted by Gasteiger charge is -2.07. The van der Waals surface area contributed by atoms with Crippen LogP contribution in [0, 0.1) is 20.8 Å². The van der Waals surface area contributed by atoms with Crippen LogP contribution >= 0.6 is 15.9 Å². The Kier molecular flexibility index (Phi) is 3.43. The van der Waals surface area contributed by atoms with Crippen LogP contribution in [0.15, 0.2) is 28.7 Å². The SMILES string of the molecule is Cc1ccc(Oc2nc(C)cc(C)n2)c(Br)c1. The van der Waals surface area contributed by atoms with E-state index >= 15 is 0 Å². The summed E-state index contributed by atoms with van der Waals surface area (Å²) in [4.78, 5) is 8.48. The van der Waals surface area contributed by atoms with Gasteiger partial charge in [0.05, 0.1) is 4.47 Å². The summed E-state index contributed by atoms with van der Waals surface area (Å²) >= 11 is 3.46. The Bertz CT molecular complexity index is 535.